The normalized spacial score (nSPS) is 12.3. The van der Waals surface area contributed by atoms with Crippen LogP contribution < -0.4 is 9.47 Å². The molecule has 0 unspecified atom stereocenters. The zero-order valence-electron chi connectivity index (χ0n) is 17.6. The first-order chi connectivity index (χ1) is 14.2. The zero-order chi connectivity index (χ0) is 20.5. The quantitative estimate of drug-likeness (QED) is 0.412. The van der Waals surface area contributed by atoms with Gasteiger partial charge in [0.15, 0.2) is 0 Å². The Kier molecular flexibility index (Phi) is 7.91. The minimum atomic E-state index is 0.325. The smallest absolute Gasteiger partial charge is 0.127 e. The number of rotatable bonds is 11. The van der Waals surface area contributed by atoms with Gasteiger partial charge in [-0.25, -0.2) is 0 Å². The van der Waals surface area contributed by atoms with E-state index >= 15 is 0 Å². The molecule has 0 aliphatic heterocycles. The van der Waals surface area contributed by atoms with E-state index in [9.17, 15) is 0 Å². The number of hydrogen-bond donors (Lipinski definition) is 0. The SMILES string of the molecule is COCCCOc1cccc2c(OCC[C@@H](c3ccccc3)N(C)C)cccc12. The van der Waals surface area contributed by atoms with Gasteiger partial charge in [0, 0.05) is 43.4 Å². The fourth-order valence-electron chi connectivity index (χ4n) is 3.57. The molecular formula is C25H31NO3. The van der Waals surface area contributed by atoms with Gasteiger partial charge in [0.2, 0.25) is 0 Å². The van der Waals surface area contributed by atoms with Gasteiger partial charge < -0.3 is 19.1 Å². The van der Waals surface area contributed by atoms with Crippen LogP contribution in [0.25, 0.3) is 10.8 Å². The number of hydrogen-bond acceptors (Lipinski definition) is 4. The van der Waals surface area contributed by atoms with Crippen LogP contribution in [0.5, 0.6) is 11.5 Å². The number of benzene rings is 3. The maximum atomic E-state index is 6.22. The highest BCUT2D eigenvalue weighted by molar-refractivity contribution is 5.93. The van der Waals surface area contributed by atoms with Crippen molar-refractivity contribution < 1.29 is 14.2 Å². The molecule has 0 spiro atoms. The van der Waals surface area contributed by atoms with Crippen molar-refractivity contribution in [1.29, 1.82) is 0 Å². The molecule has 3 aromatic rings. The lowest BCUT2D eigenvalue weighted by Crippen LogP contribution is -2.22. The summed E-state index contributed by atoms with van der Waals surface area (Å²) in [4.78, 5) is 2.24. The molecule has 29 heavy (non-hydrogen) atoms. The van der Waals surface area contributed by atoms with Gasteiger partial charge in [0.1, 0.15) is 11.5 Å². The second kappa shape index (κ2) is 10.8. The Labute approximate surface area is 174 Å². The second-order valence-electron chi connectivity index (χ2n) is 7.33. The molecule has 0 saturated carbocycles. The van der Waals surface area contributed by atoms with Crippen molar-refractivity contribution in [3.8, 4) is 11.5 Å². The van der Waals surface area contributed by atoms with Crippen molar-refractivity contribution in [3.63, 3.8) is 0 Å². The first-order valence-electron chi connectivity index (χ1n) is 10.2. The molecule has 4 heteroatoms. The van der Waals surface area contributed by atoms with Crippen LogP contribution >= 0.6 is 0 Å². The van der Waals surface area contributed by atoms with Crippen LogP contribution in [0, 0.1) is 0 Å². The molecule has 0 aliphatic carbocycles. The molecular weight excluding hydrogens is 362 g/mol. The molecule has 4 nitrogen and oxygen atoms in total. The van der Waals surface area contributed by atoms with E-state index in [1.165, 1.54) is 5.56 Å². The molecule has 154 valence electrons. The van der Waals surface area contributed by atoms with Gasteiger partial charge in [-0.05, 0) is 31.8 Å². The molecule has 0 N–H and O–H groups in total. The maximum absolute atomic E-state index is 6.22. The lowest BCUT2D eigenvalue weighted by molar-refractivity contribution is 0.172. The number of methoxy groups -OCH3 is 1. The number of nitrogens with zero attached hydrogens (tertiary/aromatic N) is 1. The van der Waals surface area contributed by atoms with E-state index in [-0.39, 0.29) is 0 Å². The van der Waals surface area contributed by atoms with Gasteiger partial charge >= 0.3 is 0 Å². The Bertz CT molecular complexity index is 880. The fourth-order valence-corrected chi connectivity index (χ4v) is 3.57. The van der Waals surface area contributed by atoms with Crippen LogP contribution in [0.2, 0.25) is 0 Å². The van der Waals surface area contributed by atoms with Crippen molar-refractivity contribution in [2.24, 2.45) is 0 Å². The predicted octanol–water partition coefficient (Wildman–Crippen LogP) is 5.33. The van der Waals surface area contributed by atoms with E-state index in [2.05, 4.69) is 61.5 Å². The molecule has 0 bridgehead atoms. The molecule has 0 amide bonds. The van der Waals surface area contributed by atoms with Crippen LogP contribution in [-0.2, 0) is 4.74 Å². The molecule has 3 aromatic carbocycles. The molecule has 3 rings (SSSR count). The lowest BCUT2D eigenvalue weighted by atomic mass is 10.0. The van der Waals surface area contributed by atoms with E-state index in [1.807, 2.05) is 24.3 Å². The second-order valence-corrected chi connectivity index (χ2v) is 7.33. The summed E-state index contributed by atoms with van der Waals surface area (Å²) in [5.74, 6) is 1.79. The maximum Gasteiger partial charge on any atom is 0.127 e. The summed E-state index contributed by atoms with van der Waals surface area (Å²) in [5.41, 5.74) is 1.31. The average molecular weight is 394 g/mol. The lowest BCUT2D eigenvalue weighted by Gasteiger charge is -2.25. The van der Waals surface area contributed by atoms with E-state index in [4.69, 9.17) is 14.2 Å². The average Bonchev–Trinajstić information content (AvgIpc) is 2.75. The first kappa shape index (κ1) is 21.2. The van der Waals surface area contributed by atoms with Gasteiger partial charge in [-0.15, -0.1) is 0 Å². The molecule has 0 heterocycles. The van der Waals surface area contributed by atoms with E-state index in [0.29, 0.717) is 25.9 Å². The predicted molar refractivity (Wildman–Crippen MR) is 119 cm³/mol. The highest BCUT2D eigenvalue weighted by Gasteiger charge is 2.14. The van der Waals surface area contributed by atoms with E-state index in [0.717, 1.165) is 35.1 Å². The Morgan fingerprint density at radius 1 is 0.724 bits per heavy atom. The van der Waals surface area contributed by atoms with Gasteiger partial charge in [0.05, 0.1) is 13.2 Å². The van der Waals surface area contributed by atoms with Gasteiger partial charge in [-0.3, -0.25) is 0 Å². The summed E-state index contributed by atoms with van der Waals surface area (Å²) < 4.78 is 17.3. The van der Waals surface area contributed by atoms with Crippen molar-refractivity contribution in [2.45, 2.75) is 18.9 Å². The highest BCUT2D eigenvalue weighted by atomic mass is 16.5. The summed E-state index contributed by atoms with van der Waals surface area (Å²) in [6.45, 7) is 1.99. The number of fused-ring (bicyclic) bond motifs is 1. The third-order valence-corrected chi connectivity index (χ3v) is 5.05. The first-order valence-corrected chi connectivity index (χ1v) is 10.2. The highest BCUT2D eigenvalue weighted by Crippen LogP contribution is 2.33. The Balaban J connectivity index is 1.68. The largest absolute Gasteiger partial charge is 0.493 e. The Morgan fingerprint density at radius 2 is 1.34 bits per heavy atom. The van der Waals surface area contributed by atoms with Crippen molar-refractivity contribution in [1.82, 2.24) is 4.90 Å². The molecule has 0 aliphatic rings. The number of ether oxygens (including phenoxy) is 3. The fraction of sp³-hybridized carbons (Fsp3) is 0.360. The van der Waals surface area contributed by atoms with Crippen LogP contribution in [0.15, 0.2) is 66.7 Å². The van der Waals surface area contributed by atoms with E-state index < -0.39 is 0 Å². The molecule has 0 saturated heterocycles. The van der Waals surface area contributed by atoms with Gasteiger partial charge in [-0.1, -0.05) is 54.6 Å². The Hall–Kier alpha value is -2.56. The summed E-state index contributed by atoms with van der Waals surface area (Å²) in [7, 11) is 5.94. The summed E-state index contributed by atoms with van der Waals surface area (Å²) in [5, 5.41) is 2.16. The molecule has 1 atom stereocenters. The third-order valence-electron chi connectivity index (χ3n) is 5.05. The van der Waals surface area contributed by atoms with Crippen molar-refractivity contribution >= 4 is 10.8 Å². The van der Waals surface area contributed by atoms with Crippen LogP contribution in [0.1, 0.15) is 24.4 Å². The van der Waals surface area contributed by atoms with Gasteiger partial charge in [-0.2, -0.15) is 0 Å². The molecule has 0 aromatic heterocycles. The van der Waals surface area contributed by atoms with Crippen LogP contribution in [-0.4, -0.2) is 45.9 Å². The standard InChI is InChI=1S/C25H31NO3/c1-26(2)23(20-10-5-4-6-11-20)16-19-29-25-15-8-12-21-22(25)13-7-14-24(21)28-18-9-17-27-3/h4-8,10-15,23H,9,16-19H2,1-3H3/t23-/m0/s1. The molecule has 0 radical (unpaired) electrons. The minimum absolute atomic E-state index is 0.325. The topological polar surface area (TPSA) is 30.9 Å². The zero-order valence-corrected chi connectivity index (χ0v) is 17.6. The third kappa shape index (κ3) is 5.72. The van der Waals surface area contributed by atoms with Crippen molar-refractivity contribution in [2.75, 3.05) is 41.0 Å². The minimum Gasteiger partial charge on any atom is -0.493 e. The van der Waals surface area contributed by atoms with E-state index in [1.54, 1.807) is 7.11 Å². The van der Waals surface area contributed by atoms with Crippen LogP contribution in [0.3, 0.4) is 0 Å². The summed E-state index contributed by atoms with van der Waals surface area (Å²) >= 11 is 0. The Morgan fingerprint density at radius 3 is 1.93 bits per heavy atom. The molecule has 0 fully saturated rings. The summed E-state index contributed by atoms with van der Waals surface area (Å²) in [6.07, 6.45) is 1.79. The summed E-state index contributed by atoms with van der Waals surface area (Å²) in [6, 6.07) is 23.2. The van der Waals surface area contributed by atoms with Gasteiger partial charge in [0.25, 0.3) is 0 Å². The monoisotopic (exact) mass is 393 g/mol. The van der Waals surface area contributed by atoms with Crippen LogP contribution in [0.4, 0.5) is 0 Å². The van der Waals surface area contributed by atoms with Crippen molar-refractivity contribution in [3.05, 3.63) is 72.3 Å².